The molecule has 0 unspecified atom stereocenters. The average Bonchev–Trinajstić information content (AvgIpc) is 2.16. The van der Waals surface area contributed by atoms with Crippen molar-refractivity contribution in [1.82, 2.24) is 0 Å². The Bertz CT molecular complexity index is 297. The molecule has 0 aliphatic heterocycles. The van der Waals surface area contributed by atoms with Gasteiger partial charge in [0, 0.05) is 21.8 Å². The van der Waals surface area contributed by atoms with Gasteiger partial charge in [-0.15, -0.1) is 4.51 Å². The van der Waals surface area contributed by atoms with E-state index in [4.69, 9.17) is 16.5 Å². The van der Waals surface area contributed by atoms with Crippen LogP contribution in [0.25, 0.3) is 0 Å². The third kappa shape index (κ3) is 3.01. The van der Waals surface area contributed by atoms with E-state index >= 15 is 0 Å². The van der Waals surface area contributed by atoms with Gasteiger partial charge in [0.15, 0.2) is 0 Å². The van der Waals surface area contributed by atoms with Crippen molar-refractivity contribution in [3.05, 3.63) is 34.3 Å². The summed E-state index contributed by atoms with van der Waals surface area (Å²) in [6, 6.07) is 7.61. The van der Waals surface area contributed by atoms with Gasteiger partial charge in [0.2, 0.25) is 5.90 Å². The first-order valence-corrected chi connectivity index (χ1v) is 4.98. The van der Waals surface area contributed by atoms with E-state index in [1.807, 2.05) is 31.2 Å². The molecule has 0 amide bonds. The van der Waals surface area contributed by atoms with Gasteiger partial charge in [-0.1, -0.05) is 15.9 Å². The molecular formula is C9H9BrClNO. The van der Waals surface area contributed by atoms with Gasteiger partial charge in [-0.3, -0.25) is 0 Å². The van der Waals surface area contributed by atoms with E-state index in [2.05, 4.69) is 20.4 Å². The summed E-state index contributed by atoms with van der Waals surface area (Å²) in [5.74, 6) is 0.455. The summed E-state index contributed by atoms with van der Waals surface area (Å²) in [7, 11) is 0. The Kier molecular flexibility index (Phi) is 4.25. The van der Waals surface area contributed by atoms with E-state index < -0.39 is 0 Å². The van der Waals surface area contributed by atoms with Crippen LogP contribution in [0.2, 0.25) is 0 Å². The molecule has 4 heteroatoms. The van der Waals surface area contributed by atoms with Crippen LogP contribution in [0.15, 0.2) is 33.2 Å². The summed E-state index contributed by atoms with van der Waals surface area (Å²) >= 11 is 8.71. The van der Waals surface area contributed by atoms with Crippen molar-refractivity contribution in [3.63, 3.8) is 0 Å². The van der Waals surface area contributed by atoms with Crippen LogP contribution < -0.4 is 0 Å². The number of hydrogen-bond donors (Lipinski definition) is 0. The van der Waals surface area contributed by atoms with Crippen LogP contribution >= 0.6 is 27.7 Å². The molecule has 13 heavy (non-hydrogen) atoms. The SMILES string of the molecule is CCO/C(=N\Cl)c1ccc(Br)cc1. The Morgan fingerprint density at radius 1 is 1.46 bits per heavy atom. The fraction of sp³-hybridized carbons (Fsp3) is 0.222. The number of nitrogens with zero attached hydrogens (tertiary/aromatic N) is 1. The minimum Gasteiger partial charge on any atom is -0.477 e. The van der Waals surface area contributed by atoms with Gasteiger partial charge in [0.1, 0.15) is 0 Å². The molecular weight excluding hydrogens is 253 g/mol. The van der Waals surface area contributed by atoms with Gasteiger partial charge < -0.3 is 4.74 Å². The first-order chi connectivity index (χ1) is 6.27. The number of benzene rings is 1. The second-order valence-electron chi connectivity index (χ2n) is 2.33. The molecule has 0 bridgehead atoms. The van der Waals surface area contributed by atoms with Gasteiger partial charge in [0.25, 0.3) is 0 Å². The second-order valence-corrected chi connectivity index (χ2v) is 3.41. The Balaban J connectivity index is 2.87. The topological polar surface area (TPSA) is 21.6 Å². The van der Waals surface area contributed by atoms with E-state index in [1.165, 1.54) is 0 Å². The molecule has 0 aliphatic carbocycles. The zero-order valence-electron chi connectivity index (χ0n) is 7.13. The first-order valence-electron chi connectivity index (χ1n) is 3.85. The summed E-state index contributed by atoms with van der Waals surface area (Å²) in [6.45, 7) is 2.45. The zero-order valence-corrected chi connectivity index (χ0v) is 9.47. The Labute approximate surface area is 90.8 Å². The van der Waals surface area contributed by atoms with Crippen LogP contribution in [0.5, 0.6) is 0 Å². The van der Waals surface area contributed by atoms with Crippen LogP contribution in [0.4, 0.5) is 0 Å². The minimum atomic E-state index is 0.455. The normalized spacial score (nSPS) is 11.5. The fourth-order valence-corrected chi connectivity index (χ4v) is 1.30. The Morgan fingerprint density at radius 2 is 2.08 bits per heavy atom. The van der Waals surface area contributed by atoms with Crippen molar-refractivity contribution < 1.29 is 4.74 Å². The van der Waals surface area contributed by atoms with E-state index in [-0.39, 0.29) is 0 Å². The lowest BCUT2D eigenvalue weighted by atomic mass is 10.2. The van der Waals surface area contributed by atoms with Crippen molar-refractivity contribution in [2.75, 3.05) is 6.61 Å². The Morgan fingerprint density at radius 3 is 2.54 bits per heavy atom. The lowest BCUT2D eigenvalue weighted by molar-refractivity contribution is 0.329. The highest BCUT2D eigenvalue weighted by molar-refractivity contribution is 9.10. The molecule has 0 saturated heterocycles. The number of rotatable bonds is 2. The van der Waals surface area contributed by atoms with E-state index in [0.717, 1.165) is 10.0 Å². The van der Waals surface area contributed by atoms with Gasteiger partial charge in [-0.05, 0) is 31.2 Å². The lowest BCUT2D eigenvalue weighted by Crippen LogP contribution is -2.04. The number of hydrogen-bond acceptors (Lipinski definition) is 2. The quantitative estimate of drug-likeness (QED) is 0.591. The molecule has 70 valence electrons. The zero-order chi connectivity index (χ0) is 9.68. The number of ether oxygens (including phenoxy) is 1. The average molecular weight is 263 g/mol. The van der Waals surface area contributed by atoms with Gasteiger partial charge in [-0.2, -0.15) is 0 Å². The lowest BCUT2D eigenvalue weighted by Gasteiger charge is -2.04. The highest BCUT2D eigenvalue weighted by atomic mass is 79.9. The molecule has 0 aliphatic rings. The number of halogens is 2. The molecule has 1 aromatic rings. The maximum absolute atomic E-state index is 5.37. The molecule has 0 heterocycles. The van der Waals surface area contributed by atoms with Crippen molar-refractivity contribution in [3.8, 4) is 0 Å². The van der Waals surface area contributed by atoms with Gasteiger partial charge in [-0.25, -0.2) is 0 Å². The van der Waals surface area contributed by atoms with Gasteiger partial charge >= 0.3 is 0 Å². The van der Waals surface area contributed by atoms with Crippen molar-refractivity contribution in [2.24, 2.45) is 4.51 Å². The van der Waals surface area contributed by atoms with Crippen LogP contribution in [0.3, 0.4) is 0 Å². The maximum atomic E-state index is 5.37. The summed E-state index contributed by atoms with van der Waals surface area (Å²) in [5, 5.41) is 0. The fourth-order valence-electron chi connectivity index (χ4n) is 0.886. The molecule has 1 rings (SSSR count). The predicted octanol–water partition coefficient (Wildman–Crippen LogP) is 3.39. The molecule has 0 fully saturated rings. The molecule has 1 aromatic carbocycles. The van der Waals surface area contributed by atoms with E-state index in [1.54, 1.807) is 0 Å². The molecule has 0 atom stereocenters. The largest absolute Gasteiger partial charge is 0.477 e. The summed E-state index contributed by atoms with van der Waals surface area (Å²) < 4.78 is 9.76. The van der Waals surface area contributed by atoms with Crippen molar-refractivity contribution in [1.29, 1.82) is 0 Å². The third-order valence-electron chi connectivity index (χ3n) is 1.45. The molecule has 0 saturated carbocycles. The van der Waals surface area contributed by atoms with Crippen LogP contribution in [0.1, 0.15) is 12.5 Å². The smallest absolute Gasteiger partial charge is 0.233 e. The highest BCUT2D eigenvalue weighted by Gasteiger charge is 2.02. The maximum Gasteiger partial charge on any atom is 0.233 e. The molecule has 0 spiro atoms. The summed E-state index contributed by atoms with van der Waals surface area (Å²) in [4.78, 5) is 0. The monoisotopic (exact) mass is 261 g/mol. The highest BCUT2D eigenvalue weighted by Crippen LogP contribution is 2.12. The molecule has 0 radical (unpaired) electrons. The minimum absolute atomic E-state index is 0.455. The standard InChI is InChI=1S/C9H9BrClNO/c1-2-13-9(12-11)7-3-5-8(10)6-4-7/h3-6H,2H2,1H3/b12-9-. The van der Waals surface area contributed by atoms with Crippen LogP contribution in [0, 0.1) is 0 Å². The summed E-state index contributed by atoms with van der Waals surface area (Å²) in [5.41, 5.74) is 0.875. The summed E-state index contributed by atoms with van der Waals surface area (Å²) in [6.07, 6.45) is 0. The first kappa shape index (κ1) is 10.5. The third-order valence-corrected chi connectivity index (χ3v) is 2.13. The van der Waals surface area contributed by atoms with Gasteiger partial charge in [0.05, 0.1) is 6.61 Å². The molecule has 0 aromatic heterocycles. The van der Waals surface area contributed by atoms with E-state index in [0.29, 0.717) is 12.5 Å². The van der Waals surface area contributed by atoms with Crippen molar-refractivity contribution in [2.45, 2.75) is 6.92 Å². The second kappa shape index (κ2) is 5.25. The van der Waals surface area contributed by atoms with Crippen LogP contribution in [-0.4, -0.2) is 12.5 Å². The van der Waals surface area contributed by atoms with Crippen LogP contribution in [-0.2, 0) is 4.74 Å². The van der Waals surface area contributed by atoms with E-state index in [9.17, 15) is 0 Å². The predicted molar refractivity (Wildman–Crippen MR) is 58.2 cm³/mol. The molecule has 0 N–H and O–H groups in total. The van der Waals surface area contributed by atoms with Crippen molar-refractivity contribution >= 4 is 33.6 Å². The molecule has 2 nitrogen and oxygen atoms in total. The Hall–Kier alpha value is -0.540.